The summed E-state index contributed by atoms with van der Waals surface area (Å²) < 4.78 is 38.7. The molecule has 1 saturated carbocycles. The van der Waals surface area contributed by atoms with Gasteiger partial charge in [0.2, 0.25) is 5.91 Å². The molecule has 6 rings (SSSR count). The van der Waals surface area contributed by atoms with Crippen molar-refractivity contribution in [1.82, 2.24) is 10.2 Å². The van der Waals surface area contributed by atoms with Crippen molar-refractivity contribution in [1.29, 1.82) is 0 Å². The van der Waals surface area contributed by atoms with Crippen molar-refractivity contribution in [2.45, 2.75) is 42.0 Å². The molecule has 1 N–H and O–H groups in total. The molecule has 41 heavy (non-hydrogen) atoms. The summed E-state index contributed by atoms with van der Waals surface area (Å²) in [7, 11) is -2.44. The Hall–Kier alpha value is -4.44. The van der Waals surface area contributed by atoms with Gasteiger partial charge in [0.15, 0.2) is 15.2 Å². The Morgan fingerprint density at radius 2 is 1.59 bits per heavy atom. The van der Waals surface area contributed by atoms with E-state index in [1.807, 2.05) is 36.4 Å². The zero-order valence-electron chi connectivity index (χ0n) is 22.2. The molecule has 2 aliphatic heterocycles. The van der Waals surface area contributed by atoms with Crippen LogP contribution in [0.5, 0.6) is 5.75 Å². The van der Waals surface area contributed by atoms with E-state index in [-0.39, 0.29) is 24.6 Å². The van der Waals surface area contributed by atoms with Gasteiger partial charge in [-0.1, -0.05) is 72.8 Å². The fraction of sp³-hybridized carbons (Fsp3) is 0.258. The topological polar surface area (TPSA) is 119 Å². The number of methoxy groups -OCH3 is 1. The van der Waals surface area contributed by atoms with Crippen LogP contribution < -0.4 is 10.1 Å². The van der Waals surface area contributed by atoms with Gasteiger partial charge < -0.3 is 14.8 Å². The number of benzene rings is 3. The second-order valence-corrected chi connectivity index (χ2v) is 12.5. The van der Waals surface area contributed by atoms with E-state index in [9.17, 15) is 22.8 Å². The average Bonchev–Trinajstić information content (AvgIpc) is 2.96. The lowest BCUT2D eigenvalue weighted by atomic mass is 9.73. The van der Waals surface area contributed by atoms with Crippen molar-refractivity contribution in [3.8, 4) is 5.75 Å². The molecule has 3 aromatic carbocycles. The highest BCUT2D eigenvalue weighted by Gasteiger charge is 2.67. The Kier molecular flexibility index (Phi) is 6.86. The minimum absolute atomic E-state index is 0.00863. The number of β-lactam (4-membered cyclic amide) rings is 1. The minimum Gasteiger partial charge on any atom is -0.497 e. The van der Waals surface area contributed by atoms with Crippen LogP contribution in [0, 0.1) is 0 Å². The molecule has 4 atom stereocenters. The predicted molar refractivity (Wildman–Crippen MR) is 149 cm³/mol. The van der Waals surface area contributed by atoms with E-state index in [1.165, 1.54) is 0 Å². The van der Waals surface area contributed by atoms with Crippen LogP contribution in [0.3, 0.4) is 0 Å². The van der Waals surface area contributed by atoms with Crippen molar-refractivity contribution in [2.24, 2.45) is 0 Å². The lowest BCUT2D eigenvalue weighted by Gasteiger charge is -2.55. The number of esters is 1. The molecule has 0 radical (unpaired) electrons. The summed E-state index contributed by atoms with van der Waals surface area (Å²) in [5, 5.41) is 0.236. The molecule has 0 spiro atoms. The number of sulfone groups is 1. The molecular weight excluding hydrogens is 544 g/mol. The Morgan fingerprint density at radius 1 is 0.927 bits per heavy atom. The zero-order valence-corrected chi connectivity index (χ0v) is 23.0. The number of carbonyl (C=O) groups excluding carboxylic acids is 3. The number of hydrogen-bond acceptors (Lipinski definition) is 7. The quantitative estimate of drug-likeness (QED) is 0.326. The first kappa shape index (κ1) is 26.8. The first-order valence-corrected chi connectivity index (χ1v) is 14.9. The van der Waals surface area contributed by atoms with Gasteiger partial charge in [0.1, 0.15) is 24.1 Å². The maximum absolute atomic E-state index is 14.0. The number of hydrogen-bond donors (Lipinski definition) is 1. The molecular formula is C31H28N2O7S. The van der Waals surface area contributed by atoms with Gasteiger partial charge >= 0.3 is 5.97 Å². The van der Waals surface area contributed by atoms with Crippen molar-refractivity contribution in [3.63, 3.8) is 0 Å². The van der Waals surface area contributed by atoms with Crippen LogP contribution in [0.2, 0.25) is 0 Å². The van der Waals surface area contributed by atoms with Crippen molar-refractivity contribution >= 4 is 27.6 Å². The van der Waals surface area contributed by atoms with E-state index in [4.69, 9.17) is 9.47 Å². The summed E-state index contributed by atoms with van der Waals surface area (Å²) in [5.41, 5.74) is 2.61. The highest BCUT2D eigenvalue weighted by Crippen LogP contribution is 2.54. The third-order valence-electron chi connectivity index (χ3n) is 7.90. The van der Waals surface area contributed by atoms with Crippen LogP contribution in [0.25, 0.3) is 0 Å². The van der Waals surface area contributed by atoms with E-state index in [1.54, 1.807) is 55.6 Å². The Morgan fingerprint density at radius 3 is 2.24 bits per heavy atom. The molecule has 0 aromatic heterocycles. The average molecular weight is 573 g/mol. The summed E-state index contributed by atoms with van der Waals surface area (Å²) in [5.74, 6) is -1.61. The van der Waals surface area contributed by atoms with Crippen LogP contribution in [-0.4, -0.2) is 54.9 Å². The normalized spacial score (nSPS) is 23.8. The maximum Gasteiger partial charge on any atom is 0.355 e. The number of nitrogens with zero attached hydrogens (tertiary/aromatic N) is 1. The van der Waals surface area contributed by atoms with Gasteiger partial charge in [-0.3, -0.25) is 14.5 Å². The SMILES string of the molecule is COc1ccc(COC(=O)C2=C3C[C@@H](c4ccccc4)[C@@H]3S(=O)(=O)[C@@H]3[C@H](NC(=O)Cc4ccccc4)C(=O)N23)cc1. The van der Waals surface area contributed by atoms with Crippen LogP contribution in [0.15, 0.2) is 96.2 Å². The minimum atomic E-state index is -3.99. The van der Waals surface area contributed by atoms with E-state index < -0.39 is 44.3 Å². The fourth-order valence-electron chi connectivity index (χ4n) is 5.84. The smallest absolute Gasteiger partial charge is 0.355 e. The zero-order chi connectivity index (χ0) is 28.7. The molecule has 9 nitrogen and oxygen atoms in total. The van der Waals surface area contributed by atoms with E-state index in [0.717, 1.165) is 16.0 Å². The first-order valence-electron chi connectivity index (χ1n) is 13.3. The second-order valence-electron chi connectivity index (χ2n) is 10.3. The van der Waals surface area contributed by atoms with Gasteiger partial charge in [-0.05, 0) is 40.8 Å². The van der Waals surface area contributed by atoms with Crippen LogP contribution in [-0.2, 0) is 42.0 Å². The summed E-state index contributed by atoms with van der Waals surface area (Å²) in [6.07, 6.45) is 0.299. The largest absolute Gasteiger partial charge is 0.497 e. The third kappa shape index (κ3) is 4.67. The molecule has 3 aliphatic rings. The maximum atomic E-state index is 14.0. The van der Waals surface area contributed by atoms with Crippen LogP contribution in [0.1, 0.15) is 29.0 Å². The monoisotopic (exact) mass is 572 g/mol. The van der Waals surface area contributed by atoms with E-state index in [2.05, 4.69) is 5.32 Å². The fourth-order valence-corrected chi connectivity index (χ4v) is 8.53. The first-order chi connectivity index (χ1) is 19.8. The Balaban J connectivity index is 1.29. The summed E-state index contributed by atoms with van der Waals surface area (Å²) >= 11 is 0. The van der Waals surface area contributed by atoms with Crippen LogP contribution in [0.4, 0.5) is 0 Å². The number of nitrogens with one attached hydrogen (secondary N) is 1. The van der Waals surface area contributed by atoms with Crippen LogP contribution >= 0.6 is 0 Å². The number of fused-ring (bicyclic) bond motifs is 2. The van der Waals surface area contributed by atoms with Gasteiger partial charge in [-0.2, -0.15) is 0 Å². The lowest BCUT2D eigenvalue weighted by Crippen LogP contribution is -2.77. The van der Waals surface area contributed by atoms with Gasteiger partial charge in [-0.15, -0.1) is 0 Å². The molecule has 2 fully saturated rings. The number of carbonyl (C=O) groups is 3. The Labute approximate surface area is 237 Å². The number of rotatable bonds is 8. The standard InChI is InChI=1S/C31H28N2O7S/c1-39-22-14-12-20(13-15-22)18-40-31(36)27-24-17-23(21-10-6-3-7-11-21)28(24)41(37,38)30-26(29(35)33(27)30)32-25(34)16-19-8-4-2-5-9-19/h2-15,23,26,28,30H,16-18H2,1H3,(H,32,34)/t23-,26+,28-,30+/m0/s1. The molecule has 2 amide bonds. The number of amides is 2. The molecule has 2 heterocycles. The third-order valence-corrected chi connectivity index (χ3v) is 10.4. The predicted octanol–water partition coefficient (Wildman–Crippen LogP) is 2.87. The molecule has 210 valence electrons. The van der Waals surface area contributed by atoms with E-state index >= 15 is 0 Å². The summed E-state index contributed by atoms with van der Waals surface area (Å²) in [6, 6.07) is 23.9. The second kappa shape index (κ2) is 10.5. The van der Waals surface area contributed by atoms with Gasteiger partial charge in [-0.25, -0.2) is 13.2 Å². The summed E-state index contributed by atoms with van der Waals surface area (Å²) in [6.45, 7) is -0.0664. The van der Waals surface area contributed by atoms with Gasteiger partial charge in [0.05, 0.1) is 18.8 Å². The molecule has 1 aliphatic carbocycles. The highest BCUT2D eigenvalue weighted by atomic mass is 32.2. The molecule has 0 bridgehead atoms. The summed E-state index contributed by atoms with van der Waals surface area (Å²) in [4.78, 5) is 40.6. The Bertz CT molecular complexity index is 1640. The van der Waals surface area contributed by atoms with Crippen molar-refractivity contribution in [3.05, 3.63) is 113 Å². The highest BCUT2D eigenvalue weighted by molar-refractivity contribution is 7.93. The molecule has 1 saturated heterocycles. The van der Waals surface area contributed by atoms with Crippen molar-refractivity contribution in [2.75, 3.05) is 7.11 Å². The van der Waals surface area contributed by atoms with Gasteiger partial charge in [0, 0.05) is 5.92 Å². The molecule has 3 aromatic rings. The molecule has 10 heteroatoms. The van der Waals surface area contributed by atoms with Gasteiger partial charge in [0.25, 0.3) is 5.91 Å². The number of ether oxygens (including phenoxy) is 2. The van der Waals surface area contributed by atoms with E-state index in [0.29, 0.717) is 23.3 Å². The van der Waals surface area contributed by atoms with Crippen molar-refractivity contribution < 1.29 is 32.3 Å². The molecule has 0 unspecified atom stereocenters. The lowest BCUT2D eigenvalue weighted by molar-refractivity contribution is -0.154.